The molecule has 19 heavy (non-hydrogen) atoms. The molecule has 1 heterocycles. The fourth-order valence-electron chi connectivity index (χ4n) is 3.15. The topological polar surface area (TPSA) is 69.6 Å². The van der Waals surface area contributed by atoms with Gasteiger partial charge in [0.1, 0.15) is 0 Å². The lowest BCUT2D eigenvalue weighted by Crippen LogP contribution is -2.47. The monoisotopic (exact) mass is 290 g/mol. The lowest BCUT2D eigenvalue weighted by atomic mass is 10.0. The van der Waals surface area contributed by atoms with Crippen LogP contribution in [0.3, 0.4) is 0 Å². The van der Waals surface area contributed by atoms with Crippen LogP contribution in [0, 0.1) is 0 Å². The van der Waals surface area contributed by atoms with Gasteiger partial charge < -0.3 is 10.4 Å². The summed E-state index contributed by atoms with van der Waals surface area (Å²) in [5.74, 6) is 0.152. The van der Waals surface area contributed by atoms with E-state index in [0.717, 1.165) is 38.6 Å². The molecule has 1 saturated heterocycles. The van der Waals surface area contributed by atoms with E-state index in [9.17, 15) is 13.5 Å². The van der Waals surface area contributed by atoms with Crippen molar-refractivity contribution in [1.82, 2.24) is 9.62 Å². The SMILES string of the molecule is CN(CC1(O)CCCC1)S(=O)(=O)CC1CCCCN1. The maximum Gasteiger partial charge on any atom is 0.215 e. The van der Waals surface area contributed by atoms with E-state index in [0.29, 0.717) is 12.8 Å². The second-order valence-corrected chi connectivity index (χ2v) is 8.23. The Morgan fingerprint density at radius 1 is 1.26 bits per heavy atom. The Morgan fingerprint density at radius 3 is 2.53 bits per heavy atom. The maximum atomic E-state index is 12.3. The molecule has 1 atom stereocenters. The van der Waals surface area contributed by atoms with Gasteiger partial charge in [0, 0.05) is 19.6 Å². The van der Waals surface area contributed by atoms with Crippen molar-refractivity contribution in [3.8, 4) is 0 Å². The Hall–Kier alpha value is -0.170. The molecule has 1 saturated carbocycles. The number of aliphatic hydroxyl groups is 1. The van der Waals surface area contributed by atoms with E-state index in [1.165, 1.54) is 4.31 Å². The van der Waals surface area contributed by atoms with E-state index >= 15 is 0 Å². The third-order valence-corrected chi connectivity index (χ3v) is 6.25. The smallest absolute Gasteiger partial charge is 0.215 e. The summed E-state index contributed by atoms with van der Waals surface area (Å²) >= 11 is 0. The average molecular weight is 290 g/mol. The Kier molecular flexibility index (Phi) is 4.87. The molecule has 0 aromatic rings. The van der Waals surface area contributed by atoms with Crippen molar-refractivity contribution >= 4 is 10.0 Å². The Bertz CT molecular complexity index is 385. The zero-order chi connectivity index (χ0) is 13.9. The van der Waals surface area contributed by atoms with Crippen LogP contribution in [0.4, 0.5) is 0 Å². The van der Waals surface area contributed by atoms with Crippen molar-refractivity contribution in [3.05, 3.63) is 0 Å². The molecule has 2 rings (SSSR count). The van der Waals surface area contributed by atoms with Crippen molar-refractivity contribution < 1.29 is 13.5 Å². The number of hydrogen-bond donors (Lipinski definition) is 2. The number of nitrogens with zero attached hydrogens (tertiary/aromatic N) is 1. The minimum absolute atomic E-state index is 0.0689. The summed E-state index contributed by atoms with van der Waals surface area (Å²) in [6.07, 6.45) is 6.58. The maximum absolute atomic E-state index is 12.3. The second-order valence-electron chi connectivity index (χ2n) is 6.11. The summed E-state index contributed by atoms with van der Waals surface area (Å²) < 4.78 is 26.0. The predicted octanol–water partition coefficient (Wildman–Crippen LogP) is 0.695. The van der Waals surface area contributed by atoms with E-state index in [4.69, 9.17) is 0 Å². The van der Waals surface area contributed by atoms with E-state index in [-0.39, 0.29) is 18.3 Å². The summed E-state index contributed by atoms with van der Waals surface area (Å²) in [6.45, 7) is 1.15. The normalized spacial score (nSPS) is 27.8. The molecule has 5 nitrogen and oxygen atoms in total. The highest BCUT2D eigenvalue weighted by Gasteiger charge is 2.36. The number of hydrogen-bond acceptors (Lipinski definition) is 4. The first kappa shape index (κ1) is 15.2. The van der Waals surface area contributed by atoms with Crippen LogP contribution in [0.2, 0.25) is 0 Å². The fourth-order valence-corrected chi connectivity index (χ4v) is 4.64. The van der Waals surface area contributed by atoms with Gasteiger partial charge >= 0.3 is 0 Å². The summed E-state index contributed by atoms with van der Waals surface area (Å²) in [5, 5.41) is 13.6. The van der Waals surface area contributed by atoms with Crippen LogP contribution < -0.4 is 5.32 Å². The highest BCUT2D eigenvalue weighted by molar-refractivity contribution is 7.89. The molecule has 6 heteroatoms. The minimum atomic E-state index is -3.27. The van der Waals surface area contributed by atoms with E-state index in [2.05, 4.69) is 5.32 Å². The van der Waals surface area contributed by atoms with Gasteiger partial charge in [-0.25, -0.2) is 12.7 Å². The molecule has 1 aliphatic carbocycles. The molecule has 2 N–H and O–H groups in total. The van der Waals surface area contributed by atoms with Gasteiger partial charge in [0.2, 0.25) is 10.0 Å². The lowest BCUT2D eigenvalue weighted by molar-refractivity contribution is 0.0333. The van der Waals surface area contributed by atoms with Gasteiger partial charge in [-0.3, -0.25) is 0 Å². The zero-order valence-corrected chi connectivity index (χ0v) is 12.6. The fraction of sp³-hybridized carbons (Fsp3) is 1.00. The number of piperidine rings is 1. The molecule has 2 aliphatic rings. The van der Waals surface area contributed by atoms with Crippen molar-refractivity contribution in [1.29, 1.82) is 0 Å². The third kappa shape index (κ3) is 4.15. The number of likely N-dealkylation sites (N-methyl/N-ethyl adjacent to an activating group) is 1. The Labute approximate surface area is 116 Å². The molecule has 0 spiro atoms. The van der Waals surface area contributed by atoms with Crippen molar-refractivity contribution in [2.45, 2.75) is 56.6 Å². The highest BCUT2D eigenvalue weighted by atomic mass is 32.2. The standard InChI is InChI=1S/C13H26N2O3S/c1-15(11-13(16)7-3-4-8-13)19(17,18)10-12-6-2-5-9-14-12/h12,14,16H,2-11H2,1H3. The van der Waals surface area contributed by atoms with E-state index in [1.54, 1.807) is 7.05 Å². The third-order valence-electron chi connectivity index (χ3n) is 4.35. The van der Waals surface area contributed by atoms with Gasteiger partial charge in [-0.2, -0.15) is 0 Å². The molecule has 0 amide bonds. The molecule has 0 radical (unpaired) electrons. The second kappa shape index (κ2) is 6.08. The average Bonchev–Trinajstić information content (AvgIpc) is 2.76. The first-order valence-electron chi connectivity index (χ1n) is 7.31. The van der Waals surface area contributed by atoms with Gasteiger partial charge in [0.05, 0.1) is 11.4 Å². The Morgan fingerprint density at radius 2 is 1.95 bits per heavy atom. The van der Waals surface area contributed by atoms with Crippen LogP contribution in [0.1, 0.15) is 44.9 Å². The molecule has 1 unspecified atom stereocenters. The van der Waals surface area contributed by atoms with Crippen molar-refractivity contribution in [2.24, 2.45) is 0 Å². The molecule has 0 bridgehead atoms. The molecule has 112 valence electrons. The number of rotatable bonds is 5. The van der Waals surface area contributed by atoms with Gasteiger partial charge in [0.25, 0.3) is 0 Å². The van der Waals surface area contributed by atoms with Gasteiger partial charge in [0.15, 0.2) is 0 Å². The van der Waals surface area contributed by atoms with Crippen LogP contribution in [0.25, 0.3) is 0 Å². The van der Waals surface area contributed by atoms with Gasteiger partial charge in [-0.15, -0.1) is 0 Å². The first-order chi connectivity index (χ1) is 8.91. The molecule has 2 fully saturated rings. The highest BCUT2D eigenvalue weighted by Crippen LogP contribution is 2.30. The van der Waals surface area contributed by atoms with Crippen LogP contribution in [-0.4, -0.2) is 55.4 Å². The quantitative estimate of drug-likeness (QED) is 0.782. The van der Waals surface area contributed by atoms with E-state index in [1.807, 2.05) is 0 Å². The van der Waals surface area contributed by atoms with Crippen molar-refractivity contribution in [2.75, 3.05) is 25.9 Å². The molecule has 0 aromatic heterocycles. The van der Waals surface area contributed by atoms with Crippen LogP contribution in [0.15, 0.2) is 0 Å². The summed E-state index contributed by atoms with van der Waals surface area (Å²) in [6, 6.07) is 0.0689. The first-order valence-corrected chi connectivity index (χ1v) is 8.92. The summed E-state index contributed by atoms with van der Waals surface area (Å²) in [7, 11) is -1.68. The van der Waals surface area contributed by atoms with Gasteiger partial charge in [-0.05, 0) is 32.2 Å². The number of nitrogens with one attached hydrogen (secondary N) is 1. The Balaban J connectivity index is 1.90. The van der Waals surface area contributed by atoms with Crippen LogP contribution >= 0.6 is 0 Å². The zero-order valence-electron chi connectivity index (χ0n) is 11.8. The number of sulfonamides is 1. The molecule has 1 aliphatic heterocycles. The predicted molar refractivity (Wildman–Crippen MR) is 75.5 cm³/mol. The van der Waals surface area contributed by atoms with Gasteiger partial charge in [-0.1, -0.05) is 19.3 Å². The molecular formula is C13H26N2O3S. The largest absolute Gasteiger partial charge is 0.389 e. The minimum Gasteiger partial charge on any atom is -0.389 e. The van der Waals surface area contributed by atoms with Crippen LogP contribution in [-0.2, 0) is 10.0 Å². The van der Waals surface area contributed by atoms with Crippen LogP contribution in [0.5, 0.6) is 0 Å². The lowest BCUT2D eigenvalue weighted by Gasteiger charge is -2.30. The molecule has 0 aromatic carbocycles. The molecular weight excluding hydrogens is 264 g/mol. The van der Waals surface area contributed by atoms with E-state index < -0.39 is 15.6 Å². The van der Waals surface area contributed by atoms with Crippen molar-refractivity contribution in [3.63, 3.8) is 0 Å². The summed E-state index contributed by atoms with van der Waals surface area (Å²) in [4.78, 5) is 0. The summed E-state index contributed by atoms with van der Waals surface area (Å²) in [5.41, 5.74) is -0.804.